The van der Waals surface area contributed by atoms with Crippen molar-refractivity contribution in [1.82, 2.24) is 14.4 Å². The van der Waals surface area contributed by atoms with Gasteiger partial charge >= 0.3 is 0 Å². The van der Waals surface area contributed by atoms with Crippen LogP contribution in [-0.2, 0) is 6.42 Å². The van der Waals surface area contributed by atoms with E-state index >= 15 is 0 Å². The van der Waals surface area contributed by atoms with E-state index in [1.54, 1.807) is 0 Å². The summed E-state index contributed by atoms with van der Waals surface area (Å²) in [6.07, 6.45) is 5.82. The molecule has 0 amide bonds. The summed E-state index contributed by atoms with van der Waals surface area (Å²) in [5, 5.41) is 4.99. The number of aromatic nitrogens is 3. The molecule has 1 aliphatic rings. The molecule has 0 fully saturated rings. The molecule has 0 bridgehead atoms. The predicted molar refractivity (Wildman–Crippen MR) is 182 cm³/mol. The Labute approximate surface area is 251 Å². The third-order valence-electron chi connectivity index (χ3n) is 9.22. The van der Waals surface area contributed by atoms with Gasteiger partial charge in [-0.15, -0.1) is 11.3 Å². The van der Waals surface area contributed by atoms with Crippen LogP contribution in [0.2, 0.25) is 0 Å². The molecule has 5 aromatic carbocycles. The third kappa shape index (κ3) is 3.30. The normalized spacial score (nSPS) is 15.1. The lowest BCUT2D eigenvalue weighted by molar-refractivity contribution is 0.728. The van der Waals surface area contributed by atoms with Crippen LogP contribution in [0.4, 0.5) is 0 Å². The zero-order valence-corrected chi connectivity index (χ0v) is 24.3. The van der Waals surface area contributed by atoms with Crippen LogP contribution in [0.15, 0.2) is 109 Å². The lowest BCUT2D eigenvalue weighted by atomic mass is 9.94. The molecule has 0 saturated heterocycles. The Hall–Kier alpha value is -5.06. The molecular formula is C39H25N3S. The van der Waals surface area contributed by atoms with Gasteiger partial charge in [-0.3, -0.25) is 4.40 Å². The summed E-state index contributed by atoms with van der Waals surface area (Å²) in [6, 6.07) is 37.4. The Morgan fingerprint density at radius 3 is 2.28 bits per heavy atom. The van der Waals surface area contributed by atoms with E-state index in [2.05, 4.69) is 114 Å². The summed E-state index contributed by atoms with van der Waals surface area (Å²) in [5.74, 6) is 0.599. The van der Waals surface area contributed by atoms with E-state index in [-0.39, 0.29) is 0 Å². The number of para-hydroxylation sites is 2. The van der Waals surface area contributed by atoms with E-state index in [4.69, 9.17) is 9.97 Å². The number of rotatable bonds is 2. The van der Waals surface area contributed by atoms with Crippen LogP contribution in [0.25, 0.3) is 87.8 Å². The van der Waals surface area contributed by atoms with Gasteiger partial charge in [-0.25, -0.2) is 9.97 Å². The molecule has 10 rings (SSSR count). The lowest BCUT2D eigenvalue weighted by Gasteiger charge is -2.11. The van der Waals surface area contributed by atoms with E-state index in [1.165, 1.54) is 59.1 Å². The van der Waals surface area contributed by atoms with Crippen molar-refractivity contribution in [3.63, 3.8) is 0 Å². The average molecular weight is 568 g/mol. The maximum Gasteiger partial charge on any atom is 0.165 e. The van der Waals surface area contributed by atoms with Crippen LogP contribution in [-0.4, -0.2) is 14.4 Å². The summed E-state index contributed by atoms with van der Waals surface area (Å²) in [4.78, 5) is 11.9. The molecule has 9 aromatic rings. The highest BCUT2D eigenvalue weighted by Crippen LogP contribution is 2.44. The second-order valence-electron chi connectivity index (χ2n) is 11.9. The first-order valence-electron chi connectivity index (χ1n) is 14.9. The Kier molecular flexibility index (Phi) is 4.64. The Balaban J connectivity index is 1.31. The maximum atomic E-state index is 5.19. The van der Waals surface area contributed by atoms with Crippen LogP contribution in [0.3, 0.4) is 0 Å². The third-order valence-corrected chi connectivity index (χ3v) is 10.4. The van der Waals surface area contributed by atoms with Crippen LogP contribution >= 0.6 is 11.3 Å². The zero-order valence-electron chi connectivity index (χ0n) is 23.5. The van der Waals surface area contributed by atoms with Crippen molar-refractivity contribution in [3.05, 3.63) is 120 Å². The molecule has 0 saturated carbocycles. The van der Waals surface area contributed by atoms with E-state index < -0.39 is 0 Å². The van der Waals surface area contributed by atoms with Gasteiger partial charge in [0.15, 0.2) is 5.65 Å². The molecule has 1 aliphatic carbocycles. The van der Waals surface area contributed by atoms with Gasteiger partial charge in [0.05, 0.1) is 22.1 Å². The highest BCUT2D eigenvalue weighted by atomic mass is 32.1. The van der Waals surface area contributed by atoms with E-state index in [1.807, 2.05) is 23.5 Å². The fraction of sp³-hybridized carbons (Fsp3) is 0.0769. The predicted octanol–water partition coefficient (Wildman–Crippen LogP) is 10.5. The number of hydrogen-bond acceptors (Lipinski definition) is 3. The van der Waals surface area contributed by atoms with Gasteiger partial charge in [0.25, 0.3) is 0 Å². The minimum Gasteiger partial charge on any atom is -0.291 e. The van der Waals surface area contributed by atoms with Gasteiger partial charge < -0.3 is 0 Å². The molecular weight excluding hydrogens is 543 g/mol. The molecule has 0 radical (unpaired) electrons. The van der Waals surface area contributed by atoms with Crippen LogP contribution in [0, 0.1) is 5.92 Å². The second kappa shape index (κ2) is 8.50. The molecule has 4 aromatic heterocycles. The van der Waals surface area contributed by atoms with E-state index in [9.17, 15) is 0 Å². The summed E-state index contributed by atoms with van der Waals surface area (Å²) in [7, 11) is 0. The quantitative estimate of drug-likeness (QED) is 0.208. The highest BCUT2D eigenvalue weighted by Gasteiger charge is 2.22. The minimum atomic E-state index is 0.599. The smallest absolute Gasteiger partial charge is 0.165 e. The molecule has 0 N–H and O–H groups in total. The van der Waals surface area contributed by atoms with E-state index in [0.717, 1.165) is 39.5 Å². The molecule has 1 atom stereocenters. The molecule has 202 valence electrons. The van der Waals surface area contributed by atoms with Gasteiger partial charge in [-0.1, -0.05) is 73.7 Å². The number of fused-ring (bicyclic) bond motifs is 10. The monoisotopic (exact) mass is 567 g/mol. The number of hydrogen-bond donors (Lipinski definition) is 0. The number of thiophene rings is 1. The van der Waals surface area contributed by atoms with Crippen LogP contribution in [0.5, 0.6) is 0 Å². The largest absolute Gasteiger partial charge is 0.291 e. The van der Waals surface area contributed by atoms with Gasteiger partial charge in [-0.05, 0) is 88.7 Å². The summed E-state index contributed by atoms with van der Waals surface area (Å²) in [6.45, 7) is 2.30. The van der Waals surface area contributed by atoms with Crippen LogP contribution in [0.1, 0.15) is 17.4 Å². The lowest BCUT2D eigenvalue weighted by Crippen LogP contribution is -1.99. The fourth-order valence-corrected chi connectivity index (χ4v) is 8.47. The van der Waals surface area contributed by atoms with Gasteiger partial charge in [0.1, 0.15) is 5.52 Å². The van der Waals surface area contributed by atoms with Crippen molar-refractivity contribution in [3.8, 4) is 22.3 Å². The molecule has 43 heavy (non-hydrogen) atoms. The highest BCUT2D eigenvalue weighted by molar-refractivity contribution is 7.19. The average Bonchev–Trinajstić information content (AvgIpc) is 3.69. The number of allylic oxidation sites excluding steroid dienone is 1. The first kappa shape index (κ1) is 23.5. The molecule has 4 heteroatoms. The van der Waals surface area contributed by atoms with Crippen LogP contribution < -0.4 is 0 Å². The van der Waals surface area contributed by atoms with Crippen molar-refractivity contribution in [2.45, 2.75) is 13.3 Å². The topological polar surface area (TPSA) is 30.2 Å². The number of benzene rings is 5. The summed E-state index contributed by atoms with van der Waals surface area (Å²) < 4.78 is 3.70. The van der Waals surface area contributed by atoms with E-state index in [0.29, 0.717) is 5.92 Å². The first-order chi connectivity index (χ1) is 21.2. The summed E-state index contributed by atoms with van der Waals surface area (Å²) in [5.41, 5.74) is 12.4. The Morgan fingerprint density at radius 1 is 0.674 bits per heavy atom. The molecule has 4 heterocycles. The molecule has 0 aliphatic heterocycles. The van der Waals surface area contributed by atoms with Gasteiger partial charge in [0.2, 0.25) is 0 Å². The summed E-state index contributed by atoms with van der Waals surface area (Å²) >= 11 is 1.95. The SMILES string of the molecule is CC1C=Cc2c(sc3ccc(-c4cc5c6cc(-c7ccccc7)ccc6n6c7nc8ccccc8nc7c(c4)c56)cc23)C1. The van der Waals surface area contributed by atoms with Crippen molar-refractivity contribution >= 4 is 76.9 Å². The Bertz CT molecular complexity index is 2600. The molecule has 0 spiro atoms. The molecule has 1 unspecified atom stereocenters. The van der Waals surface area contributed by atoms with Gasteiger partial charge in [-0.2, -0.15) is 0 Å². The van der Waals surface area contributed by atoms with Crippen molar-refractivity contribution < 1.29 is 0 Å². The first-order valence-corrected chi connectivity index (χ1v) is 15.7. The standard InChI is InChI=1S/C39H25N3S/c1-22-11-14-27-29-19-25(13-16-35(29)43-36(27)17-22)26-20-30-28-18-24(23-7-3-2-4-8-23)12-15-34(28)42-38(30)31(21-26)37-39(42)41-33-10-6-5-9-32(33)40-37/h2-16,18-22H,17H2,1H3. The van der Waals surface area contributed by atoms with Crippen molar-refractivity contribution in [2.75, 3.05) is 0 Å². The molecule has 3 nitrogen and oxygen atoms in total. The van der Waals surface area contributed by atoms with Crippen molar-refractivity contribution in [2.24, 2.45) is 5.92 Å². The van der Waals surface area contributed by atoms with Gasteiger partial charge in [0, 0.05) is 31.1 Å². The van der Waals surface area contributed by atoms with Crippen molar-refractivity contribution in [1.29, 1.82) is 0 Å². The number of nitrogens with zero attached hydrogens (tertiary/aromatic N) is 3. The maximum absolute atomic E-state index is 5.19. The minimum absolute atomic E-state index is 0.599. The zero-order chi connectivity index (χ0) is 28.2. The second-order valence-corrected chi connectivity index (χ2v) is 13.1. The Morgan fingerprint density at radius 2 is 1.40 bits per heavy atom. The fourth-order valence-electron chi connectivity index (χ4n) is 7.15.